The van der Waals surface area contributed by atoms with Crippen molar-refractivity contribution in [1.82, 2.24) is 25.2 Å². The molecule has 9 nitrogen and oxygen atoms in total. The van der Waals surface area contributed by atoms with Gasteiger partial charge in [0.2, 0.25) is 11.7 Å². The number of carbonyl (C=O) groups excluding carboxylic acids is 1. The van der Waals surface area contributed by atoms with Gasteiger partial charge in [-0.15, -0.1) is 11.6 Å². The first-order valence-corrected chi connectivity index (χ1v) is 13.7. The van der Waals surface area contributed by atoms with E-state index in [0.717, 1.165) is 43.2 Å². The Morgan fingerprint density at radius 2 is 1.79 bits per heavy atom. The third kappa shape index (κ3) is 6.62. The van der Waals surface area contributed by atoms with Crippen LogP contribution in [0.15, 0.2) is 24.5 Å². The molecule has 3 unspecified atom stereocenters. The second kappa shape index (κ2) is 12.3. The van der Waals surface area contributed by atoms with Gasteiger partial charge in [-0.2, -0.15) is 13.2 Å². The van der Waals surface area contributed by atoms with Crippen LogP contribution >= 0.6 is 11.6 Å². The van der Waals surface area contributed by atoms with Crippen LogP contribution in [0.2, 0.25) is 0 Å². The third-order valence-electron chi connectivity index (χ3n) is 7.44. The molecule has 0 bridgehead atoms. The number of rotatable bonds is 6. The number of alkyl halides is 4. The van der Waals surface area contributed by atoms with Gasteiger partial charge in [0, 0.05) is 68.4 Å². The third-order valence-corrected chi connectivity index (χ3v) is 7.91. The predicted octanol–water partition coefficient (Wildman–Crippen LogP) is 2.94. The van der Waals surface area contributed by atoms with Crippen molar-refractivity contribution in [1.29, 1.82) is 0 Å². The zero-order valence-corrected chi connectivity index (χ0v) is 22.3. The summed E-state index contributed by atoms with van der Waals surface area (Å²) in [7, 11) is 0. The van der Waals surface area contributed by atoms with Crippen molar-refractivity contribution in [3.8, 4) is 0 Å². The van der Waals surface area contributed by atoms with Gasteiger partial charge in [0.15, 0.2) is 0 Å². The van der Waals surface area contributed by atoms with E-state index < -0.39 is 29.3 Å². The molecular weight excluding hydrogens is 537 g/mol. The minimum Gasteiger partial charge on any atom is -0.380 e. The minimum absolute atomic E-state index is 0.169. The maximum absolute atomic E-state index is 13.5. The van der Waals surface area contributed by atoms with Crippen molar-refractivity contribution in [2.45, 2.75) is 42.8 Å². The number of amides is 1. The molecule has 1 N–H and O–H groups in total. The van der Waals surface area contributed by atoms with Crippen LogP contribution in [0.3, 0.4) is 0 Å². The van der Waals surface area contributed by atoms with E-state index in [1.807, 2.05) is 12.1 Å². The van der Waals surface area contributed by atoms with E-state index in [9.17, 15) is 18.0 Å². The van der Waals surface area contributed by atoms with Crippen molar-refractivity contribution in [2.75, 3.05) is 64.1 Å². The summed E-state index contributed by atoms with van der Waals surface area (Å²) < 4.78 is 50.0. The summed E-state index contributed by atoms with van der Waals surface area (Å²) in [6, 6.07) is 3.48. The monoisotopic (exact) mass is 568 g/mol. The van der Waals surface area contributed by atoms with Crippen LogP contribution in [0.5, 0.6) is 0 Å². The summed E-state index contributed by atoms with van der Waals surface area (Å²) in [5.41, 5.74) is 2.18. The van der Waals surface area contributed by atoms with Gasteiger partial charge in [-0.25, -0.2) is 15.0 Å². The van der Waals surface area contributed by atoms with Gasteiger partial charge in [0.1, 0.15) is 5.82 Å². The van der Waals surface area contributed by atoms with Gasteiger partial charge in [-0.1, -0.05) is 6.07 Å². The number of nitrogens with one attached hydrogen (secondary N) is 1. The molecule has 2 aromatic heterocycles. The van der Waals surface area contributed by atoms with Gasteiger partial charge >= 0.3 is 6.18 Å². The van der Waals surface area contributed by atoms with E-state index in [1.165, 1.54) is 12.4 Å². The van der Waals surface area contributed by atoms with E-state index >= 15 is 0 Å². The quantitative estimate of drug-likeness (QED) is 0.532. The van der Waals surface area contributed by atoms with Crippen molar-refractivity contribution in [3.05, 3.63) is 47.2 Å². The van der Waals surface area contributed by atoms with E-state index in [0.29, 0.717) is 51.3 Å². The fourth-order valence-corrected chi connectivity index (χ4v) is 5.75. The van der Waals surface area contributed by atoms with E-state index in [1.54, 1.807) is 0 Å². The fourth-order valence-electron chi connectivity index (χ4n) is 5.39. The Bertz CT molecular complexity index is 1120. The average Bonchev–Trinajstić information content (AvgIpc) is 3.23. The van der Waals surface area contributed by atoms with Crippen molar-refractivity contribution in [2.24, 2.45) is 0 Å². The molecule has 4 heterocycles. The summed E-state index contributed by atoms with van der Waals surface area (Å²) in [5.74, 6) is -1.14. The molecule has 3 atom stereocenters. The number of hydrogen-bond donors (Lipinski definition) is 1. The summed E-state index contributed by atoms with van der Waals surface area (Å²) >= 11 is 6.69. The van der Waals surface area contributed by atoms with Crippen LogP contribution in [0, 0.1) is 0 Å². The number of nitrogens with zero attached hydrogens (tertiary/aromatic N) is 5. The van der Waals surface area contributed by atoms with E-state index in [2.05, 4.69) is 25.1 Å². The molecule has 39 heavy (non-hydrogen) atoms. The van der Waals surface area contributed by atoms with Crippen LogP contribution in [-0.4, -0.2) is 90.3 Å². The van der Waals surface area contributed by atoms with Gasteiger partial charge in [-0.05, 0) is 30.9 Å². The molecule has 2 fully saturated rings. The van der Waals surface area contributed by atoms with Gasteiger partial charge in [0.05, 0.1) is 31.8 Å². The Kier molecular flexibility index (Phi) is 8.85. The Balaban J connectivity index is 1.32. The zero-order valence-electron chi connectivity index (χ0n) is 21.5. The maximum atomic E-state index is 13.5. The highest BCUT2D eigenvalue weighted by Gasteiger charge is 2.37. The molecule has 0 radical (unpaired) electrons. The van der Waals surface area contributed by atoms with Crippen LogP contribution in [0.1, 0.15) is 47.4 Å². The molecule has 2 aromatic rings. The summed E-state index contributed by atoms with van der Waals surface area (Å²) in [6.07, 6.45) is -0.0261. The van der Waals surface area contributed by atoms with Crippen LogP contribution in [0.25, 0.3) is 0 Å². The zero-order chi connectivity index (χ0) is 27.4. The lowest BCUT2D eigenvalue weighted by Crippen LogP contribution is -2.45. The molecule has 1 amide bonds. The number of pyridine rings is 1. The molecule has 13 heteroatoms. The molecule has 0 spiro atoms. The lowest BCUT2D eigenvalue weighted by molar-refractivity contribution is -0.145. The Morgan fingerprint density at radius 3 is 2.54 bits per heavy atom. The highest BCUT2D eigenvalue weighted by atomic mass is 35.5. The van der Waals surface area contributed by atoms with Gasteiger partial charge in [-0.3, -0.25) is 9.69 Å². The molecule has 2 saturated heterocycles. The van der Waals surface area contributed by atoms with Gasteiger partial charge in [0.25, 0.3) is 0 Å². The Labute approximate surface area is 230 Å². The van der Waals surface area contributed by atoms with Crippen molar-refractivity contribution in [3.63, 3.8) is 0 Å². The highest BCUT2D eigenvalue weighted by molar-refractivity contribution is 6.23. The molecule has 1 aliphatic carbocycles. The second-order valence-corrected chi connectivity index (χ2v) is 10.5. The SMILES string of the molecule is O=C(NCC(c1cnc(C(F)(F)F)nc1)N1CCOCC1)C1c2ccc(N3CCCOCC3)nc2CCC1Cl. The molecule has 212 valence electrons. The largest absolute Gasteiger partial charge is 0.451 e. The number of carbonyl (C=O) groups is 1. The molecule has 0 saturated carbocycles. The topological polar surface area (TPSA) is 92.7 Å². The van der Waals surface area contributed by atoms with Gasteiger partial charge < -0.3 is 19.7 Å². The number of anilines is 1. The van der Waals surface area contributed by atoms with Crippen LogP contribution < -0.4 is 10.2 Å². The van der Waals surface area contributed by atoms with Crippen molar-refractivity contribution < 1.29 is 27.4 Å². The molecule has 5 rings (SSSR count). The number of morpholine rings is 1. The van der Waals surface area contributed by atoms with E-state index in [4.69, 9.17) is 26.1 Å². The minimum atomic E-state index is -4.63. The maximum Gasteiger partial charge on any atom is 0.451 e. The molecule has 0 aromatic carbocycles. The van der Waals surface area contributed by atoms with Crippen LogP contribution in [0.4, 0.5) is 19.0 Å². The number of aryl methyl sites for hydroxylation is 1. The summed E-state index contributed by atoms with van der Waals surface area (Å²) in [4.78, 5) is 29.7. The Hall–Kier alpha value is -2.54. The standard InChI is InChI=1S/C26H32ClF3N6O3/c27-19-3-4-20-18(2-5-22(34-20)36-6-1-10-38-13-9-36)23(19)24(37)31-16-21(35-7-11-39-12-8-35)17-14-32-25(33-15-17)26(28,29)30/h2,5,14-15,19,21,23H,1,3-4,6-13,16H2,(H,31,37). The van der Waals surface area contributed by atoms with Crippen LogP contribution in [-0.2, 0) is 26.9 Å². The fraction of sp³-hybridized carbons (Fsp3) is 0.615. The summed E-state index contributed by atoms with van der Waals surface area (Å²) in [5, 5.41) is 2.62. The molecular formula is C26H32ClF3N6O3. The first-order chi connectivity index (χ1) is 18.8. The highest BCUT2D eigenvalue weighted by Crippen LogP contribution is 2.36. The Morgan fingerprint density at radius 1 is 1.08 bits per heavy atom. The van der Waals surface area contributed by atoms with E-state index in [-0.39, 0.29) is 12.5 Å². The normalized spacial score (nSPS) is 23.5. The smallest absolute Gasteiger partial charge is 0.380 e. The number of fused-ring (bicyclic) bond motifs is 1. The first kappa shape index (κ1) is 28.0. The number of hydrogen-bond acceptors (Lipinski definition) is 8. The summed E-state index contributed by atoms with van der Waals surface area (Å²) in [6.45, 7) is 5.31. The van der Waals surface area contributed by atoms with Crippen molar-refractivity contribution >= 4 is 23.3 Å². The second-order valence-electron chi connectivity index (χ2n) is 9.94. The number of aromatic nitrogens is 3. The lowest BCUT2D eigenvalue weighted by atomic mass is 9.84. The number of halogens is 4. The molecule has 3 aliphatic rings. The number of ether oxygens (including phenoxy) is 2. The first-order valence-electron chi connectivity index (χ1n) is 13.3. The predicted molar refractivity (Wildman–Crippen MR) is 138 cm³/mol. The molecule has 2 aliphatic heterocycles. The average molecular weight is 569 g/mol. The lowest BCUT2D eigenvalue weighted by Gasteiger charge is -2.35.